The number of hydrogen-bond acceptors (Lipinski definition) is 2. The van der Waals surface area contributed by atoms with E-state index in [0.717, 1.165) is 6.26 Å². The Balaban J connectivity index is 2.74. The summed E-state index contributed by atoms with van der Waals surface area (Å²) in [6, 6.07) is 1.39. The van der Waals surface area contributed by atoms with E-state index in [2.05, 4.69) is 0 Å². The molecule has 0 bridgehead atoms. The third kappa shape index (κ3) is 2.27. The highest BCUT2D eigenvalue weighted by Crippen LogP contribution is 2.21. The van der Waals surface area contributed by atoms with Crippen LogP contribution >= 0.6 is 0 Å². The van der Waals surface area contributed by atoms with Crippen LogP contribution in [0.3, 0.4) is 0 Å². The molecule has 1 rings (SSSR count). The topological polar surface area (TPSA) is 50.4 Å². The molecule has 0 spiro atoms. The zero-order valence-electron chi connectivity index (χ0n) is 6.88. The van der Waals surface area contributed by atoms with Gasteiger partial charge in [0.25, 0.3) is 0 Å². The maximum atomic E-state index is 12.6. The molecule has 5 heteroatoms. The van der Waals surface area contributed by atoms with E-state index in [1.165, 1.54) is 6.07 Å². The summed E-state index contributed by atoms with van der Waals surface area (Å²) < 4.78 is 30.0. The van der Waals surface area contributed by atoms with Crippen molar-refractivity contribution >= 4 is 5.97 Å². The molecular formula is C8H8F2O3. The van der Waals surface area contributed by atoms with Gasteiger partial charge in [0.2, 0.25) is 0 Å². The predicted molar refractivity (Wildman–Crippen MR) is 39.7 cm³/mol. The van der Waals surface area contributed by atoms with Gasteiger partial charge in [-0.25, -0.2) is 4.79 Å². The summed E-state index contributed by atoms with van der Waals surface area (Å²) in [4.78, 5) is 10.1. The van der Waals surface area contributed by atoms with Crippen LogP contribution in [0.25, 0.3) is 0 Å². The Morgan fingerprint density at radius 3 is 2.69 bits per heavy atom. The highest BCUT2D eigenvalue weighted by molar-refractivity contribution is 5.75. The van der Waals surface area contributed by atoms with Crippen molar-refractivity contribution in [2.75, 3.05) is 0 Å². The number of carbonyl (C=O) groups is 1. The number of rotatable bonds is 3. The van der Waals surface area contributed by atoms with Gasteiger partial charge in [0.1, 0.15) is 5.76 Å². The lowest BCUT2D eigenvalue weighted by Crippen LogP contribution is -2.30. The Kier molecular flexibility index (Phi) is 2.36. The first-order chi connectivity index (χ1) is 5.92. The second-order valence-corrected chi connectivity index (χ2v) is 2.75. The largest absolute Gasteiger partial charge is 0.477 e. The van der Waals surface area contributed by atoms with Crippen molar-refractivity contribution in [1.29, 1.82) is 0 Å². The quantitative estimate of drug-likeness (QED) is 0.791. The molecule has 0 aliphatic heterocycles. The van der Waals surface area contributed by atoms with Crippen molar-refractivity contribution in [3.63, 3.8) is 0 Å². The van der Waals surface area contributed by atoms with Crippen LogP contribution in [0.5, 0.6) is 0 Å². The van der Waals surface area contributed by atoms with Gasteiger partial charge in [-0.1, -0.05) is 0 Å². The lowest BCUT2D eigenvalue weighted by Gasteiger charge is -2.08. The molecule has 0 aliphatic rings. The van der Waals surface area contributed by atoms with Crippen LogP contribution < -0.4 is 0 Å². The molecule has 0 aromatic carbocycles. The maximum absolute atomic E-state index is 12.6. The van der Waals surface area contributed by atoms with Crippen molar-refractivity contribution in [3.8, 4) is 0 Å². The number of aryl methyl sites for hydroxylation is 1. The number of hydrogen-bond donors (Lipinski definition) is 1. The Morgan fingerprint density at radius 2 is 2.31 bits per heavy atom. The minimum atomic E-state index is -3.73. The van der Waals surface area contributed by atoms with E-state index in [9.17, 15) is 13.6 Å². The monoisotopic (exact) mass is 190 g/mol. The number of aliphatic carboxylic acids is 1. The van der Waals surface area contributed by atoms with Gasteiger partial charge in [-0.05, 0) is 18.6 Å². The molecule has 0 fully saturated rings. The number of furan rings is 1. The van der Waals surface area contributed by atoms with E-state index < -0.39 is 18.3 Å². The van der Waals surface area contributed by atoms with Crippen LogP contribution in [0, 0.1) is 6.92 Å². The fourth-order valence-electron chi connectivity index (χ4n) is 0.922. The molecule has 72 valence electrons. The standard InChI is InChI=1S/C8H8F2O3/c1-5-2-6(4-13-5)3-8(9,10)7(11)12/h2,4H,3H2,1H3,(H,11,12). The summed E-state index contributed by atoms with van der Waals surface area (Å²) in [7, 11) is 0. The molecule has 3 nitrogen and oxygen atoms in total. The predicted octanol–water partition coefficient (Wildman–Crippen LogP) is 1.85. The Morgan fingerprint density at radius 1 is 1.69 bits per heavy atom. The highest BCUT2D eigenvalue weighted by atomic mass is 19.3. The Labute approximate surface area is 73.0 Å². The fourth-order valence-corrected chi connectivity index (χ4v) is 0.922. The summed E-state index contributed by atoms with van der Waals surface area (Å²) in [5.74, 6) is -5.36. The maximum Gasteiger partial charge on any atom is 0.374 e. The van der Waals surface area contributed by atoms with Crippen molar-refractivity contribution in [3.05, 3.63) is 23.7 Å². The van der Waals surface area contributed by atoms with Crippen LogP contribution in [0.1, 0.15) is 11.3 Å². The molecule has 0 aliphatic carbocycles. The van der Waals surface area contributed by atoms with Crippen LogP contribution in [0.2, 0.25) is 0 Å². The lowest BCUT2D eigenvalue weighted by atomic mass is 10.1. The van der Waals surface area contributed by atoms with Gasteiger partial charge in [-0.2, -0.15) is 8.78 Å². The normalized spacial score (nSPS) is 11.6. The zero-order chi connectivity index (χ0) is 10.1. The minimum absolute atomic E-state index is 0.185. The summed E-state index contributed by atoms with van der Waals surface area (Å²) in [5.41, 5.74) is 0.185. The van der Waals surface area contributed by atoms with E-state index in [4.69, 9.17) is 9.52 Å². The SMILES string of the molecule is Cc1cc(CC(F)(F)C(=O)O)co1. The molecule has 13 heavy (non-hydrogen) atoms. The van der Waals surface area contributed by atoms with Crippen LogP contribution in [0.4, 0.5) is 8.78 Å². The van der Waals surface area contributed by atoms with E-state index in [1.807, 2.05) is 0 Å². The average Bonchev–Trinajstić information content (AvgIpc) is 2.34. The zero-order valence-corrected chi connectivity index (χ0v) is 6.88. The summed E-state index contributed by atoms with van der Waals surface area (Å²) in [6.07, 6.45) is 0.297. The molecule has 0 saturated heterocycles. The highest BCUT2D eigenvalue weighted by Gasteiger charge is 2.39. The molecule has 0 unspecified atom stereocenters. The van der Waals surface area contributed by atoms with Crippen LogP contribution in [-0.2, 0) is 11.2 Å². The fraction of sp³-hybridized carbons (Fsp3) is 0.375. The first kappa shape index (κ1) is 9.70. The van der Waals surface area contributed by atoms with E-state index in [-0.39, 0.29) is 5.56 Å². The third-order valence-electron chi connectivity index (χ3n) is 1.52. The average molecular weight is 190 g/mol. The van der Waals surface area contributed by atoms with Gasteiger partial charge in [0.15, 0.2) is 0 Å². The number of carboxylic acids is 1. The first-order valence-electron chi connectivity index (χ1n) is 3.57. The second kappa shape index (κ2) is 3.16. The molecule has 0 saturated carbocycles. The van der Waals surface area contributed by atoms with Crippen LogP contribution in [0.15, 0.2) is 16.7 Å². The number of carboxylic acid groups (broad SMARTS) is 1. The van der Waals surface area contributed by atoms with Gasteiger partial charge >= 0.3 is 11.9 Å². The van der Waals surface area contributed by atoms with E-state index in [1.54, 1.807) is 6.92 Å². The lowest BCUT2D eigenvalue weighted by molar-refractivity contribution is -0.164. The molecule has 1 aromatic heterocycles. The van der Waals surface area contributed by atoms with Crippen molar-refractivity contribution in [2.24, 2.45) is 0 Å². The number of alkyl halides is 2. The molecule has 0 atom stereocenters. The smallest absolute Gasteiger partial charge is 0.374 e. The molecule has 1 aromatic rings. The van der Waals surface area contributed by atoms with E-state index >= 15 is 0 Å². The van der Waals surface area contributed by atoms with E-state index in [0.29, 0.717) is 5.76 Å². The van der Waals surface area contributed by atoms with Gasteiger partial charge in [0, 0.05) is 0 Å². The van der Waals surface area contributed by atoms with Gasteiger partial charge < -0.3 is 9.52 Å². The second-order valence-electron chi connectivity index (χ2n) is 2.75. The Bertz CT molecular complexity index is 317. The summed E-state index contributed by atoms with van der Waals surface area (Å²) in [5, 5.41) is 8.13. The van der Waals surface area contributed by atoms with Crippen molar-refractivity contribution in [1.82, 2.24) is 0 Å². The summed E-state index contributed by atoms with van der Waals surface area (Å²) >= 11 is 0. The number of halogens is 2. The summed E-state index contributed by atoms with van der Waals surface area (Å²) in [6.45, 7) is 1.60. The molecular weight excluding hydrogens is 182 g/mol. The van der Waals surface area contributed by atoms with Gasteiger partial charge in [-0.15, -0.1) is 0 Å². The minimum Gasteiger partial charge on any atom is -0.477 e. The molecule has 1 N–H and O–H groups in total. The third-order valence-corrected chi connectivity index (χ3v) is 1.52. The first-order valence-corrected chi connectivity index (χ1v) is 3.57. The van der Waals surface area contributed by atoms with Gasteiger partial charge in [-0.3, -0.25) is 0 Å². The molecule has 1 heterocycles. The van der Waals surface area contributed by atoms with Crippen molar-refractivity contribution < 1.29 is 23.1 Å². The van der Waals surface area contributed by atoms with Crippen molar-refractivity contribution in [2.45, 2.75) is 19.3 Å². The Hall–Kier alpha value is -1.39. The van der Waals surface area contributed by atoms with Crippen LogP contribution in [-0.4, -0.2) is 17.0 Å². The molecule has 0 amide bonds. The van der Waals surface area contributed by atoms with Gasteiger partial charge in [0.05, 0.1) is 12.7 Å². The molecule has 0 radical (unpaired) electrons.